The molecule has 1 amide bonds. The highest BCUT2D eigenvalue weighted by Crippen LogP contribution is 2.30. The highest BCUT2D eigenvalue weighted by atomic mass is 16.5. The molecule has 2 aromatic heterocycles. The van der Waals surface area contributed by atoms with Crippen LogP contribution in [-0.4, -0.2) is 43.5 Å². The summed E-state index contributed by atoms with van der Waals surface area (Å²) >= 11 is 0. The van der Waals surface area contributed by atoms with Gasteiger partial charge in [0.15, 0.2) is 5.82 Å². The van der Waals surface area contributed by atoms with Crippen molar-refractivity contribution in [1.82, 2.24) is 30.3 Å². The fourth-order valence-corrected chi connectivity index (χ4v) is 3.06. The molecule has 1 fully saturated rings. The Morgan fingerprint density at radius 3 is 2.96 bits per heavy atom. The topological polar surface area (TPSA) is 97.7 Å². The Bertz CT molecular complexity index is 678. The molecule has 1 saturated heterocycles. The van der Waals surface area contributed by atoms with Crippen molar-refractivity contribution in [3.63, 3.8) is 0 Å². The highest BCUT2D eigenvalue weighted by Gasteiger charge is 2.29. The largest absolute Gasteiger partial charge is 0.365 e. The monoisotopic (exact) mass is 318 g/mol. The molecule has 0 spiro atoms. The van der Waals surface area contributed by atoms with Gasteiger partial charge in [0.2, 0.25) is 0 Å². The molecule has 3 rings (SSSR count). The predicted molar refractivity (Wildman–Crippen MR) is 82.9 cm³/mol. The molecule has 3 heterocycles. The normalized spacial score (nSPS) is 20.8. The average Bonchev–Trinajstić information content (AvgIpc) is 3.24. The van der Waals surface area contributed by atoms with E-state index >= 15 is 0 Å². The van der Waals surface area contributed by atoms with E-state index in [-0.39, 0.29) is 18.1 Å². The van der Waals surface area contributed by atoms with Gasteiger partial charge in [-0.15, -0.1) is 0 Å². The van der Waals surface area contributed by atoms with Crippen LogP contribution in [0.1, 0.15) is 53.4 Å². The fraction of sp³-hybridized carbons (Fsp3) is 0.600. The van der Waals surface area contributed by atoms with E-state index in [1.807, 2.05) is 25.5 Å². The maximum Gasteiger partial charge on any atom is 0.255 e. The minimum atomic E-state index is -0.0913. The van der Waals surface area contributed by atoms with Gasteiger partial charge in [-0.2, -0.15) is 10.2 Å². The van der Waals surface area contributed by atoms with E-state index in [2.05, 4.69) is 25.6 Å². The first-order chi connectivity index (χ1) is 11.1. The van der Waals surface area contributed by atoms with E-state index in [0.717, 1.165) is 36.6 Å². The number of carbonyl (C=O) groups excluding carboxylic acids is 1. The molecular weight excluding hydrogens is 296 g/mol. The molecule has 1 aliphatic rings. The lowest BCUT2D eigenvalue weighted by molar-refractivity contribution is 0.0392. The van der Waals surface area contributed by atoms with Gasteiger partial charge < -0.3 is 10.1 Å². The number of carbonyl (C=O) groups is 1. The Morgan fingerprint density at radius 1 is 1.48 bits per heavy atom. The van der Waals surface area contributed by atoms with Crippen LogP contribution < -0.4 is 5.32 Å². The first kappa shape index (κ1) is 15.7. The zero-order valence-corrected chi connectivity index (χ0v) is 13.7. The number of aryl methyl sites for hydroxylation is 2. The van der Waals surface area contributed by atoms with Gasteiger partial charge in [0, 0.05) is 18.8 Å². The Labute approximate surface area is 134 Å². The molecule has 8 heteroatoms. The number of aromatic nitrogens is 5. The number of H-pyrrole nitrogens is 1. The Kier molecular flexibility index (Phi) is 4.42. The molecule has 0 aromatic carbocycles. The smallest absolute Gasteiger partial charge is 0.255 e. The van der Waals surface area contributed by atoms with E-state index in [9.17, 15) is 4.79 Å². The zero-order chi connectivity index (χ0) is 16.4. The quantitative estimate of drug-likeness (QED) is 0.865. The van der Waals surface area contributed by atoms with E-state index in [4.69, 9.17) is 4.74 Å². The van der Waals surface area contributed by atoms with Crippen LogP contribution in [-0.2, 0) is 11.3 Å². The van der Waals surface area contributed by atoms with Crippen molar-refractivity contribution in [1.29, 1.82) is 0 Å². The molecule has 0 saturated carbocycles. The zero-order valence-electron chi connectivity index (χ0n) is 13.7. The standard InChI is InChI=1S/C15H22N6O2/c1-4-21-10(3)13(9(2)20-21)15(22)16-7-11-5-6-12(23-11)14-17-8-18-19-14/h8,11-12H,4-7H2,1-3H3,(H,16,22)(H,17,18,19)/t11-,12+/m1/s1. The second-order valence-corrected chi connectivity index (χ2v) is 5.77. The molecule has 23 heavy (non-hydrogen) atoms. The molecule has 1 aliphatic heterocycles. The van der Waals surface area contributed by atoms with Crippen LogP contribution in [0.3, 0.4) is 0 Å². The van der Waals surface area contributed by atoms with Gasteiger partial charge in [-0.25, -0.2) is 4.98 Å². The third kappa shape index (κ3) is 3.12. The van der Waals surface area contributed by atoms with Crippen LogP contribution in [0.25, 0.3) is 0 Å². The van der Waals surface area contributed by atoms with Crippen molar-refractivity contribution in [2.24, 2.45) is 0 Å². The molecule has 124 valence electrons. The number of nitrogens with zero attached hydrogens (tertiary/aromatic N) is 4. The van der Waals surface area contributed by atoms with E-state index in [1.54, 1.807) is 0 Å². The second-order valence-electron chi connectivity index (χ2n) is 5.77. The maximum absolute atomic E-state index is 12.4. The average molecular weight is 318 g/mol. The van der Waals surface area contributed by atoms with Crippen molar-refractivity contribution >= 4 is 5.91 Å². The van der Waals surface area contributed by atoms with E-state index in [1.165, 1.54) is 6.33 Å². The molecule has 2 atom stereocenters. The summed E-state index contributed by atoms with van der Waals surface area (Å²) in [5, 5.41) is 14.0. The summed E-state index contributed by atoms with van der Waals surface area (Å²) in [4.78, 5) is 16.6. The number of ether oxygens (including phenoxy) is 1. The minimum Gasteiger partial charge on any atom is -0.365 e. The van der Waals surface area contributed by atoms with E-state index < -0.39 is 0 Å². The summed E-state index contributed by atoms with van der Waals surface area (Å²) in [6.45, 7) is 7.03. The van der Waals surface area contributed by atoms with Gasteiger partial charge in [-0.05, 0) is 33.6 Å². The van der Waals surface area contributed by atoms with Crippen LogP contribution >= 0.6 is 0 Å². The third-order valence-electron chi connectivity index (χ3n) is 4.24. The molecular formula is C15H22N6O2. The van der Waals surface area contributed by atoms with E-state index in [0.29, 0.717) is 12.1 Å². The van der Waals surface area contributed by atoms with Crippen molar-refractivity contribution in [2.75, 3.05) is 6.54 Å². The molecule has 0 aliphatic carbocycles. The predicted octanol–water partition coefficient (Wildman–Crippen LogP) is 1.29. The van der Waals surface area contributed by atoms with Crippen LogP contribution in [0.4, 0.5) is 0 Å². The summed E-state index contributed by atoms with van der Waals surface area (Å²) in [7, 11) is 0. The minimum absolute atomic E-state index is 0.00381. The number of nitrogens with one attached hydrogen (secondary N) is 2. The van der Waals surface area contributed by atoms with Crippen LogP contribution in [0, 0.1) is 13.8 Å². The Balaban J connectivity index is 1.57. The molecule has 2 aromatic rings. The number of rotatable bonds is 5. The van der Waals surface area contributed by atoms with Gasteiger partial charge in [0.25, 0.3) is 5.91 Å². The van der Waals surface area contributed by atoms with Gasteiger partial charge in [0.1, 0.15) is 12.4 Å². The van der Waals surface area contributed by atoms with Gasteiger partial charge >= 0.3 is 0 Å². The summed E-state index contributed by atoms with van der Waals surface area (Å²) < 4.78 is 7.75. The summed E-state index contributed by atoms with van der Waals surface area (Å²) in [6.07, 6.45) is 3.17. The molecule has 8 nitrogen and oxygen atoms in total. The van der Waals surface area contributed by atoms with Crippen molar-refractivity contribution in [3.8, 4) is 0 Å². The van der Waals surface area contributed by atoms with Gasteiger partial charge in [-0.1, -0.05) is 0 Å². The van der Waals surface area contributed by atoms with Gasteiger partial charge in [-0.3, -0.25) is 14.6 Å². The Morgan fingerprint density at radius 2 is 2.30 bits per heavy atom. The fourth-order valence-electron chi connectivity index (χ4n) is 3.06. The van der Waals surface area contributed by atoms with Crippen molar-refractivity contribution < 1.29 is 9.53 Å². The third-order valence-corrected chi connectivity index (χ3v) is 4.24. The molecule has 2 N–H and O–H groups in total. The summed E-state index contributed by atoms with van der Waals surface area (Å²) in [6, 6.07) is 0. The first-order valence-corrected chi connectivity index (χ1v) is 7.93. The lowest BCUT2D eigenvalue weighted by Crippen LogP contribution is -2.32. The molecule has 0 unspecified atom stereocenters. The van der Waals surface area contributed by atoms with Crippen LogP contribution in [0.15, 0.2) is 6.33 Å². The molecule has 0 bridgehead atoms. The Hall–Kier alpha value is -2.22. The van der Waals surface area contributed by atoms with Crippen LogP contribution in [0.5, 0.6) is 0 Å². The first-order valence-electron chi connectivity index (χ1n) is 7.93. The summed E-state index contributed by atoms with van der Waals surface area (Å²) in [5.74, 6) is 0.654. The second kappa shape index (κ2) is 6.49. The maximum atomic E-state index is 12.4. The highest BCUT2D eigenvalue weighted by molar-refractivity contribution is 5.96. The number of hydrogen-bond acceptors (Lipinski definition) is 5. The lowest BCUT2D eigenvalue weighted by atomic mass is 10.1. The number of hydrogen-bond donors (Lipinski definition) is 2. The van der Waals surface area contributed by atoms with Crippen LogP contribution in [0.2, 0.25) is 0 Å². The van der Waals surface area contributed by atoms with Crippen molar-refractivity contribution in [3.05, 3.63) is 29.1 Å². The lowest BCUT2D eigenvalue weighted by Gasteiger charge is -2.13. The van der Waals surface area contributed by atoms with Gasteiger partial charge in [0.05, 0.1) is 17.4 Å². The van der Waals surface area contributed by atoms with Crippen molar-refractivity contribution in [2.45, 2.75) is 52.4 Å². The molecule has 0 radical (unpaired) electrons. The summed E-state index contributed by atoms with van der Waals surface area (Å²) in [5.41, 5.74) is 2.32. The SMILES string of the molecule is CCn1nc(C)c(C(=O)NC[C@H]2CC[C@@H](c3ncn[nH]3)O2)c1C. The number of aromatic amines is 1. The number of amides is 1.